The highest BCUT2D eigenvalue weighted by Crippen LogP contribution is 2.26. The van der Waals surface area contributed by atoms with Gasteiger partial charge in [-0.25, -0.2) is 4.98 Å². The maximum Gasteiger partial charge on any atom is 0.290 e. The van der Waals surface area contributed by atoms with Crippen LogP contribution in [0.1, 0.15) is 11.4 Å². The van der Waals surface area contributed by atoms with Crippen LogP contribution in [0.4, 0.5) is 4.79 Å². The first-order chi connectivity index (χ1) is 16.5. The van der Waals surface area contributed by atoms with Gasteiger partial charge in [-0.2, -0.15) is 0 Å². The number of halogens is 1. The van der Waals surface area contributed by atoms with E-state index in [1.165, 1.54) is 4.57 Å². The van der Waals surface area contributed by atoms with Crippen molar-refractivity contribution in [2.24, 2.45) is 0 Å². The highest BCUT2D eigenvalue weighted by molar-refractivity contribution is 8.18. The molecule has 1 saturated heterocycles. The number of aromatic nitrogens is 2. The number of nitrogens with one attached hydrogen (secondary N) is 1. The number of ether oxygens (including phenoxy) is 1. The Morgan fingerprint density at radius 2 is 1.79 bits per heavy atom. The molecule has 2 amide bonds. The maximum absolute atomic E-state index is 13.3. The molecule has 7 nitrogen and oxygen atoms in total. The average Bonchev–Trinajstić information content (AvgIpc) is 3.15. The fourth-order valence-electron chi connectivity index (χ4n) is 3.54. The fraction of sp³-hybridized carbons (Fsp3) is 0.0400. The average molecular weight is 490 g/mol. The van der Waals surface area contributed by atoms with Crippen LogP contribution in [0.3, 0.4) is 0 Å². The number of para-hydroxylation sites is 1. The van der Waals surface area contributed by atoms with E-state index in [1.807, 2.05) is 6.07 Å². The molecule has 9 heteroatoms. The summed E-state index contributed by atoms with van der Waals surface area (Å²) in [6.45, 7) is 0.0415. The van der Waals surface area contributed by atoms with Gasteiger partial charge >= 0.3 is 0 Å². The monoisotopic (exact) mass is 489 g/mol. The van der Waals surface area contributed by atoms with Gasteiger partial charge in [-0.15, -0.1) is 0 Å². The number of rotatable bonds is 5. The van der Waals surface area contributed by atoms with Crippen molar-refractivity contribution < 1.29 is 14.3 Å². The first kappa shape index (κ1) is 21.9. The molecule has 1 aliphatic heterocycles. The summed E-state index contributed by atoms with van der Waals surface area (Å²) >= 11 is 7.03. The number of imide groups is 1. The SMILES string of the molecule is O=C1NC(=O)/C(=C\c2ccc(OCc3nc4ccccc4c(=O)n3-c3cccc(Cl)c3)cc2)S1. The number of hydrogen-bond donors (Lipinski definition) is 1. The van der Waals surface area contributed by atoms with Crippen molar-refractivity contribution in [2.75, 3.05) is 0 Å². The van der Waals surface area contributed by atoms with E-state index in [9.17, 15) is 14.4 Å². The van der Waals surface area contributed by atoms with Crippen molar-refractivity contribution in [1.82, 2.24) is 14.9 Å². The van der Waals surface area contributed by atoms with E-state index < -0.39 is 5.91 Å². The lowest BCUT2D eigenvalue weighted by Crippen LogP contribution is -2.25. The van der Waals surface area contributed by atoms with Gasteiger partial charge in [0.15, 0.2) is 5.82 Å². The summed E-state index contributed by atoms with van der Waals surface area (Å²) in [5, 5.41) is 2.84. The Labute approximate surface area is 203 Å². The molecule has 0 radical (unpaired) electrons. The quantitative estimate of drug-likeness (QED) is 0.399. The Morgan fingerprint density at radius 3 is 2.53 bits per heavy atom. The first-order valence-electron chi connectivity index (χ1n) is 10.2. The van der Waals surface area contributed by atoms with E-state index in [2.05, 4.69) is 10.3 Å². The molecule has 0 aliphatic carbocycles. The van der Waals surface area contributed by atoms with Crippen LogP contribution in [-0.4, -0.2) is 20.7 Å². The molecular weight excluding hydrogens is 474 g/mol. The number of benzene rings is 3. The minimum atomic E-state index is -0.406. The Bertz CT molecular complexity index is 1530. The predicted octanol–water partition coefficient (Wildman–Crippen LogP) is 4.94. The number of nitrogens with zero attached hydrogens (tertiary/aromatic N) is 2. The number of hydrogen-bond acceptors (Lipinski definition) is 6. The van der Waals surface area contributed by atoms with Crippen LogP contribution in [0.2, 0.25) is 5.02 Å². The van der Waals surface area contributed by atoms with Crippen molar-refractivity contribution in [1.29, 1.82) is 0 Å². The summed E-state index contributed by atoms with van der Waals surface area (Å²) < 4.78 is 7.44. The minimum absolute atomic E-state index is 0.0415. The van der Waals surface area contributed by atoms with E-state index >= 15 is 0 Å². The van der Waals surface area contributed by atoms with Gasteiger partial charge in [-0.05, 0) is 65.9 Å². The van der Waals surface area contributed by atoms with Gasteiger partial charge in [-0.3, -0.25) is 24.3 Å². The van der Waals surface area contributed by atoms with Gasteiger partial charge in [0.1, 0.15) is 12.4 Å². The number of carbonyl (C=O) groups is 2. The molecule has 0 bridgehead atoms. The number of thioether (sulfide) groups is 1. The third kappa shape index (κ3) is 4.46. The zero-order chi connectivity index (χ0) is 23.7. The van der Waals surface area contributed by atoms with Gasteiger partial charge in [0.2, 0.25) is 0 Å². The Morgan fingerprint density at radius 1 is 1.00 bits per heavy atom. The molecule has 168 valence electrons. The van der Waals surface area contributed by atoms with E-state index in [0.29, 0.717) is 38.1 Å². The molecule has 1 N–H and O–H groups in total. The highest BCUT2D eigenvalue weighted by Gasteiger charge is 2.24. The van der Waals surface area contributed by atoms with E-state index in [4.69, 9.17) is 16.3 Å². The lowest BCUT2D eigenvalue weighted by Gasteiger charge is -2.15. The zero-order valence-electron chi connectivity index (χ0n) is 17.5. The predicted molar refractivity (Wildman–Crippen MR) is 132 cm³/mol. The molecule has 2 heterocycles. The summed E-state index contributed by atoms with van der Waals surface area (Å²) in [4.78, 5) is 41.3. The van der Waals surface area contributed by atoms with Crippen LogP contribution in [0.15, 0.2) is 82.5 Å². The molecule has 1 aromatic heterocycles. The molecule has 34 heavy (non-hydrogen) atoms. The minimum Gasteiger partial charge on any atom is -0.486 e. The number of carbonyl (C=O) groups excluding carboxylic acids is 2. The van der Waals surface area contributed by atoms with Gasteiger partial charge in [-0.1, -0.05) is 41.9 Å². The molecular formula is C25H16ClN3O4S. The largest absolute Gasteiger partial charge is 0.486 e. The van der Waals surface area contributed by atoms with E-state index in [0.717, 1.165) is 17.3 Å². The van der Waals surface area contributed by atoms with E-state index in [1.54, 1.807) is 72.8 Å². The third-order valence-electron chi connectivity index (χ3n) is 5.10. The first-order valence-corrected chi connectivity index (χ1v) is 11.4. The Balaban J connectivity index is 1.44. The topological polar surface area (TPSA) is 90.3 Å². The van der Waals surface area contributed by atoms with Gasteiger partial charge in [0, 0.05) is 5.02 Å². The van der Waals surface area contributed by atoms with Crippen LogP contribution < -0.4 is 15.6 Å². The lowest BCUT2D eigenvalue weighted by molar-refractivity contribution is -0.115. The van der Waals surface area contributed by atoms with Crippen molar-refractivity contribution in [3.8, 4) is 11.4 Å². The van der Waals surface area contributed by atoms with Crippen LogP contribution in [0.25, 0.3) is 22.7 Å². The standard InChI is InChI=1S/C25H16ClN3O4S/c26-16-4-3-5-17(13-16)29-22(27-20-7-2-1-6-19(20)24(29)31)14-33-18-10-8-15(9-11-18)12-21-23(30)28-25(32)34-21/h1-13H,14H2,(H,28,30,32)/b21-12+. The maximum atomic E-state index is 13.3. The molecule has 4 aromatic rings. The second-order valence-electron chi connectivity index (χ2n) is 7.38. The number of amides is 2. The molecule has 3 aromatic carbocycles. The van der Waals surface area contributed by atoms with Crippen LogP contribution in [-0.2, 0) is 11.4 Å². The Kier molecular flexibility index (Phi) is 5.91. The highest BCUT2D eigenvalue weighted by atomic mass is 35.5. The van der Waals surface area contributed by atoms with Gasteiger partial charge in [0.05, 0.1) is 21.5 Å². The summed E-state index contributed by atoms with van der Waals surface area (Å²) in [5.41, 5.74) is 1.71. The summed E-state index contributed by atoms with van der Waals surface area (Å²) in [6.07, 6.45) is 1.64. The smallest absolute Gasteiger partial charge is 0.290 e. The summed E-state index contributed by atoms with van der Waals surface area (Å²) in [6, 6.07) is 21.2. The van der Waals surface area contributed by atoms with Crippen molar-refractivity contribution >= 4 is 51.5 Å². The molecule has 5 rings (SSSR count). The van der Waals surface area contributed by atoms with Crippen LogP contribution >= 0.6 is 23.4 Å². The van der Waals surface area contributed by atoms with Crippen molar-refractivity contribution in [3.63, 3.8) is 0 Å². The third-order valence-corrected chi connectivity index (χ3v) is 6.15. The normalized spacial score (nSPS) is 14.6. The molecule has 0 saturated carbocycles. The van der Waals surface area contributed by atoms with E-state index in [-0.39, 0.29) is 17.4 Å². The molecule has 1 fully saturated rings. The molecule has 0 unspecified atom stereocenters. The Hall–Kier alpha value is -3.88. The van der Waals surface area contributed by atoms with Crippen molar-refractivity contribution in [2.45, 2.75) is 6.61 Å². The second kappa shape index (κ2) is 9.17. The summed E-state index contributed by atoms with van der Waals surface area (Å²) in [5.74, 6) is 0.577. The zero-order valence-corrected chi connectivity index (χ0v) is 19.1. The second-order valence-corrected chi connectivity index (χ2v) is 8.83. The van der Waals surface area contributed by atoms with Crippen LogP contribution in [0, 0.1) is 0 Å². The van der Waals surface area contributed by atoms with Gasteiger partial charge < -0.3 is 4.74 Å². The van der Waals surface area contributed by atoms with Crippen molar-refractivity contribution in [3.05, 3.63) is 104 Å². The lowest BCUT2D eigenvalue weighted by atomic mass is 10.2. The number of fused-ring (bicyclic) bond motifs is 1. The molecule has 1 aliphatic rings. The van der Waals surface area contributed by atoms with Crippen LogP contribution in [0.5, 0.6) is 5.75 Å². The fourth-order valence-corrected chi connectivity index (χ4v) is 4.40. The van der Waals surface area contributed by atoms with Gasteiger partial charge in [0.25, 0.3) is 16.7 Å². The molecule has 0 spiro atoms. The molecule has 0 atom stereocenters. The summed E-state index contributed by atoms with van der Waals surface area (Å²) in [7, 11) is 0.